The van der Waals surface area contributed by atoms with Crippen molar-refractivity contribution in [1.82, 2.24) is 19.4 Å². The fourth-order valence-corrected chi connectivity index (χ4v) is 4.41. The molecule has 0 aromatic carbocycles. The SMILES string of the molecule is C[C@H]1CN(c2ccc(C#N)n3nccc23)C[C@@H]2CN(C(=O)OC(C)(C)C)CCN21. The molecule has 2 saturated heterocycles. The summed E-state index contributed by atoms with van der Waals surface area (Å²) in [5.74, 6) is 0. The third kappa shape index (κ3) is 3.75. The van der Waals surface area contributed by atoms with E-state index in [2.05, 4.69) is 27.9 Å². The number of hydrogen-bond donors (Lipinski definition) is 0. The highest BCUT2D eigenvalue weighted by molar-refractivity contribution is 5.74. The van der Waals surface area contributed by atoms with Crippen molar-refractivity contribution in [2.24, 2.45) is 0 Å². The standard InChI is InChI=1S/C21H28N6O2/c1-15-12-25(18-6-5-16(11-22)27-19(18)7-8-23-27)14-17-13-24(9-10-26(15)17)20(28)29-21(2,3)4/h5-8,15,17H,9-10,12-14H2,1-4H3/t15-,17-/m0/s1. The third-order valence-corrected chi connectivity index (χ3v) is 5.65. The average Bonchev–Trinajstić information content (AvgIpc) is 3.15. The Labute approximate surface area is 171 Å². The van der Waals surface area contributed by atoms with Crippen LogP contribution in [0.5, 0.6) is 0 Å². The number of pyridine rings is 1. The maximum atomic E-state index is 12.6. The fourth-order valence-electron chi connectivity index (χ4n) is 4.41. The molecule has 2 atom stereocenters. The second-order valence-electron chi connectivity index (χ2n) is 8.92. The predicted octanol–water partition coefficient (Wildman–Crippen LogP) is 2.34. The molecular weight excluding hydrogens is 368 g/mol. The highest BCUT2D eigenvalue weighted by Crippen LogP contribution is 2.29. The van der Waals surface area contributed by atoms with Crippen LogP contribution in [0.3, 0.4) is 0 Å². The summed E-state index contributed by atoms with van der Waals surface area (Å²) in [4.78, 5) is 19.2. The quantitative estimate of drug-likeness (QED) is 0.736. The average molecular weight is 396 g/mol. The summed E-state index contributed by atoms with van der Waals surface area (Å²) in [7, 11) is 0. The van der Waals surface area contributed by atoms with E-state index in [4.69, 9.17) is 4.74 Å². The first-order chi connectivity index (χ1) is 13.8. The van der Waals surface area contributed by atoms with Gasteiger partial charge in [-0.05, 0) is 45.9 Å². The first-order valence-electron chi connectivity index (χ1n) is 10.1. The van der Waals surface area contributed by atoms with Gasteiger partial charge >= 0.3 is 6.09 Å². The molecule has 2 aliphatic rings. The summed E-state index contributed by atoms with van der Waals surface area (Å²) in [5, 5.41) is 13.6. The molecule has 8 heteroatoms. The number of ether oxygens (including phenoxy) is 1. The summed E-state index contributed by atoms with van der Waals surface area (Å²) >= 11 is 0. The Morgan fingerprint density at radius 2 is 2.00 bits per heavy atom. The monoisotopic (exact) mass is 396 g/mol. The Balaban J connectivity index is 1.55. The van der Waals surface area contributed by atoms with Crippen molar-refractivity contribution >= 4 is 17.3 Å². The number of hydrogen-bond acceptors (Lipinski definition) is 6. The molecule has 0 spiro atoms. The van der Waals surface area contributed by atoms with Crippen molar-refractivity contribution < 1.29 is 9.53 Å². The molecule has 1 amide bonds. The molecule has 4 heterocycles. The zero-order chi connectivity index (χ0) is 20.8. The van der Waals surface area contributed by atoms with Gasteiger partial charge in [-0.25, -0.2) is 9.31 Å². The molecule has 2 aromatic heterocycles. The molecule has 4 rings (SSSR count). The predicted molar refractivity (Wildman–Crippen MR) is 110 cm³/mol. The minimum atomic E-state index is -0.490. The smallest absolute Gasteiger partial charge is 0.410 e. The van der Waals surface area contributed by atoms with E-state index in [0.717, 1.165) is 30.8 Å². The highest BCUT2D eigenvalue weighted by Gasteiger charge is 2.39. The Kier molecular flexibility index (Phi) is 4.87. The molecule has 2 aromatic rings. The van der Waals surface area contributed by atoms with E-state index in [1.54, 1.807) is 10.7 Å². The molecule has 0 aliphatic carbocycles. The van der Waals surface area contributed by atoms with Gasteiger partial charge in [0.25, 0.3) is 0 Å². The number of rotatable bonds is 1. The van der Waals surface area contributed by atoms with E-state index in [1.165, 1.54) is 0 Å². The molecule has 154 valence electrons. The molecular formula is C21H28N6O2. The van der Waals surface area contributed by atoms with E-state index in [1.807, 2.05) is 43.9 Å². The summed E-state index contributed by atoms with van der Waals surface area (Å²) in [6, 6.07) is 8.57. The minimum Gasteiger partial charge on any atom is -0.444 e. The fraction of sp³-hybridized carbons (Fsp3) is 0.571. The lowest BCUT2D eigenvalue weighted by atomic mass is 10.0. The van der Waals surface area contributed by atoms with Crippen molar-refractivity contribution in [3.05, 3.63) is 30.1 Å². The molecule has 2 fully saturated rings. The third-order valence-electron chi connectivity index (χ3n) is 5.65. The molecule has 0 N–H and O–H groups in total. The highest BCUT2D eigenvalue weighted by atomic mass is 16.6. The summed E-state index contributed by atoms with van der Waals surface area (Å²) in [6.07, 6.45) is 1.49. The lowest BCUT2D eigenvalue weighted by Crippen LogP contribution is -2.66. The summed E-state index contributed by atoms with van der Waals surface area (Å²) in [5.41, 5.74) is 2.04. The van der Waals surface area contributed by atoms with Crippen molar-refractivity contribution in [3.8, 4) is 6.07 Å². The Hall–Kier alpha value is -2.79. The molecule has 0 saturated carbocycles. The van der Waals surface area contributed by atoms with E-state index in [0.29, 0.717) is 24.8 Å². The van der Waals surface area contributed by atoms with Gasteiger partial charge in [-0.2, -0.15) is 10.4 Å². The van der Waals surface area contributed by atoms with E-state index >= 15 is 0 Å². The maximum Gasteiger partial charge on any atom is 0.410 e. The van der Waals surface area contributed by atoms with E-state index in [9.17, 15) is 10.1 Å². The first kappa shape index (κ1) is 19.5. The van der Waals surface area contributed by atoms with Crippen LogP contribution in [0.2, 0.25) is 0 Å². The number of carbonyl (C=O) groups excluding carboxylic acids is 1. The number of fused-ring (bicyclic) bond motifs is 2. The lowest BCUT2D eigenvalue weighted by Gasteiger charge is -2.51. The number of carbonyl (C=O) groups is 1. The summed E-state index contributed by atoms with van der Waals surface area (Å²) < 4.78 is 7.28. The van der Waals surface area contributed by atoms with Crippen molar-refractivity contribution in [2.45, 2.75) is 45.4 Å². The Morgan fingerprint density at radius 3 is 2.72 bits per heavy atom. The zero-order valence-electron chi connectivity index (χ0n) is 17.5. The van der Waals surface area contributed by atoms with Gasteiger partial charge in [0.1, 0.15) is 17.4 Å². The van der Waals surface area contributed by atoms with E-state index in [-0.39, 0.29) is 12.1 Å². The Bertz CT molecular complexity index is 956. The number of piperazine rings is 2. The van der Waals surface area contributed by atoms with Crippen LogP contribution in [-0.2, 0) is 4.74 Å². The van der Waals surface area contributed by atoms with Crippen LogP contribution < -0.4 is 4.90 Å². The largest absolute Gasteiger partial charge is 0.444 e. The van der Waals surface area contributed by atoms with Crippen molar-refractivity contribution in [2.75, 3.05) is 37.6 Å². The molecule has 8 nitrogen and oxygen atoms in total. The van der Waals surface area contributed by atoms with Gasteiger partial charge in [-0.1, -0.05) is 0 Å². The van der Waals surface area contributed by atoms with Crippen molar-refractivity contribution in [1.29, 1.82) is 5.26 Å². The van der Waals surface area contributed by atoms with Crippen LogP contribution in [-0.4, -0.2) is 75.9 Å². The van der Waals surface area contributed by atoms with Crippen LogP contribution in [0.1, 0.15) is 33.4 Å². The normalized spacial score (nSPS) is 23.0. The zero-order valence-corrected chi connectivity index (χ0v) is 17.5. The topological polar surface area (TPSA) is 77.1 Å². The van der Waals surface area contributed by atoms with Gasteiger partial charge in [0.2, 0.25) is 0 Å². The van der Waals surface area contributed by atoms with E-state index < -0.39 is 5.60 Å². The number of amides is 1. The van der Waals surface area contributed by atoms with Gasteiger partial charge in [0.05, 0.1) is 17.4 Å². The number of nitrogens with zero attached hydrogens (tertiary/aromatic N) is 6. The molecule has 29 heavy (non-hydrogen) atoms. The molecule has 0 bridgehead atoms. The Morgan fingerprint density at radius 1 is 1.21 bits per heavy atom. The van der Waals surface area contributed by atoms with Gasteiger partial charge < -0.3 is 14.5 Å². The lowest BCUT2D eigenvalue weighted by molar-refractivity contribution is -0.00655. The first-order valence-corrected chi connectivity index (χ1v) is 10.1. The van der Waals surface area contributed by atoms with Crippen LogP contribution in [0.4, 0.5) is 10.5 Å². The van der Waals surface area contributed by atoms with Crippen LogP contribution in [0, 0.1) is 11.3 Å². The van der Waals surface area contributed by atoms with Crippen LogP contribution >= 0.6 is 0 Å². The maximum absolute atomic E-state index is 12.6. The second-order valence-corrected chi connectivity index (χ2v) is 8.92. The summed E-state index contributed by atoms with van der Waals surface area (Å²) in [6.45, 7) is 11.8. The number of nitriles is 1. The minimum absolute atomic E-state index is 0.235. The van der Waals surface area contributed by atoms with Gasteiger partial charge in [-0.15, -0.1) is 0 Å². The van der Waals surface area contributed by atoms with Gasteiger partial charge in [-0.3, -0.25) is 4.90 Å². The van der Waals surface area contributed by atoms with Gasteiger partial charge in [0.15, 0.2) is 0 Å². The second kappa shape index (κ2) is 7.23. The van der Waals surface area contributed by atoms with Crippen molar-refractivity contribution in [3.63, 3.8) is 0 Å². The molecule has 2 aliphatic heterocycles. The van der Waals surface area contributed by atoms with Crippen LogP contribution in [0.15, 0.2) is 24.4 Å². The molecule has 0 radical (unpaired) electrons. The number of aromatic nitrogens is 2. The number of anilines is 1. The van der Waals surface area contributed by atoms with Gasteiger partial charge in [0, 0.05) is 44.8 Å². The van der Waals surface area contributed by atoms with Crippen LogP contribution in [0.25, 0.3) is 5.52 Å². The molecule has 0 unspecified atom stereocenters.